The highest BCUT2D eigenvalue weighted by Gasteiger charge is 2.18. The highest BCUT2D eigenvalue weighted by molar-refractivity contribution is 5.95. The molecule has 1 unspecified atom stereocenters. The predicted octanol–water partition coefficient (Wildman–Crippen LogP) is 1.85. The third-order valence-electron chi connectivity index (χ3n) is 4.90. The van der Waals surface area contributed by atoms with E-state index in [0.717, 1.165) is 48.8 Å². The highest BCUT2D eigenvalue weighted by atomic mass is 16.5. The average Bonchev–Trinajstić information content (AvgIpc) is 2.96. The number of benzene rings is 1. The molecular formula is C21H27N5O3. The Labute approximate surface area is 170 Å². The normalized spacial score (nSPS) is 14.7. The van der Waals surface area contributed by atoms with Crippen molar-refractivity contribution < 1.29 is 14.3 Å². The third kappa shape index (κ3) is 5.66. The number of rotatable bonds is 7. The molecule has 1 aromatic carbocycles. The summed E-state index contributed by atoms with van der Waals surface area (Å²) in [4.78, 5) is 24.4. The summed E-state index contributed by atoms with van der Waals surface area (Å²) in [6.07, 6.45) is 7.42. The number of carbonyl (C=O) groups is 2. The van der Waals surface area contributed by atoms with E-state index in [1.54, 1.807) is 20.1 Å². The van der Waals surface area contributed by atoms with Gasteiger partial charge in [-0.05, 0) is 43.5 Å². The fraction of sp³-hybridized carbons (Fsp3) is 0.429. The maximum absolute atomic E-state index is 12.3. The second-order valence-electron chi connectivity index (χ2n) is 7.05. The number of fused-ring (bicyclic) bond motifs is 1. The van der Waals surface area contributed by atoms with Crippen LogP contribution >= 0.6 is 0 Å². The maximum Gasteiger partial charge on any atom is 0.244 e. The molecule has 1 aromatic heterocycles. The first kappa shape index (κ1) is 20.6. The number of methoxy groups -OCH3 is 1. The van der Waals surface area contributed by atoms with Crippen LogP contribution in [0.15, 0.2) is 30.3 Å². The molecule has 8 nitrogen and oxygen atoms in total. The Morgan fingerprint density at radius 3 is 2.76 bits per heavy atom. The second-order valence-corrected chi connectivity index (χ2v) is 7.05. The number of nitrogens with one attached hydrogen (secondary N) is 2. The van der Waals surface area contributed by atoms with Crippen molar-refractivity contribution in [2.75, 3.05) is 7.11 Å². The van der Waals surface area contributed by atoms with Gasteiger partial charge in [0.05, 0.1) is 13.7 Å². The van der Waals surface area contributed by atoms with Crippen LogP contribution in [0.4, 0.5) is 0 Å². The highest BCUT2D eigenvalue weighted by Crippen LogP contribution is 2.14. The number of hydrogen-bond donors (Lipinski definition) is 2. The van der Waals surface area contributed by atoms with Gasteiger partial charge in [-0.3, -0.25) is 9.59 Å². The summed E-state index contributed by atoms with van der Waals surface area (Å²) in [5.41, 5.74) is 0.866. The minimum Gasteiger partial charge on any atom is -0.497 e. The van der Waals surface area contributed by atoms with Gasteiger partial charge in [0.15, 0.2) is 5.82 Å². The predicted molar refractivity (Wildman–Crippen MR) is 109 cm³/mol. The van der Waals surface area contributed by atoms with Crippen LogP contribution in [0.5, 0.6) is 5.75 Å². The maximum atomic E-state index is 12.3. The molecule has 0 fully saturated rings. The number of ether oxygens (including phenoxy) is 1. The van der Waals surface area contributed by atoms with E-state index in [2.05, 4.69) is 25.4 Å². The molecule has 2 aromatic rings. The Balaban J connectivity index is 1.48. The molecule has 2 amide bonds. The summed E-state index contributed by atoms with van der Waals surface area (Å²) in [5, 5.41) is 13.9. The SMILES string of the molecule is COc1ccc(/C=C/C(=O)NC(C)C(=O)NCc2nnc3n2CCCCC3)cc1. The molecule has 29 heavy (non-hydrogen) atoms. The quantitative estimate of drug-likeness (QED) is 0.695. The molecule has 0 spiro atoms. The topological polar surface area (TPSA) is 98.1 Å². The van der Waals surface area contributed by atoms with Crippen LogP contribution in [0.1, 0.15) is 43.4 Å². The van der Waals surface area contributed by atoms with Crippen LogP contribution in [-0.4, -0.2) is 39.7 Å². The lowest BCUT2D eigenvalue weighted by Crippen LogP contribution is -2.44. The van der Waals surface area contributed by atoms with E-state index < -0.39 is 6.04 Å². The summed E-state index contributed by atoms with van der Waals surface area (Å²) in [6.45, 7) is 2.84. The van der Waals surface area contributed by atoms with E-state index in [0.29, 0.717) is 6.54 Å². The van der Waals surface area contributed by atoms with E-state index in [4.69, 9.17) is 4.74 Å². The van der Waals surface area contributed by atoms with Crippen molar-refractivity contribution in [1.82, 2.24) is 25.4 Å². The zero-order valence-corrected chi connectivity index (χ0v) is 16.9. The van der Waals surface area contributed by atoms with Crippen molar-refractivity contribution >= 4 is 17.9 Å². The minimum absolute atomic E-state index is 0.262. The molecule has 2 N–H and O–H groups in total. The lowest BCUT2D eigenvalue weighted by molar-refractivity contribution is -0.126. The lowest BCUT2D eigenvalue weighted by Gasteiger charge is -2.13. The minimum atomic E-state index is -0.658. The summed E-state index contributed by atoms with van der Waals surface area (Å²) in [7, 11) is 1.60. The van der Waals surface area contributed by atoms with Crippen molar-refractivity contribution in [2.45, 2.75) is 51.7 Å². The first-order valence-corrected chi connectivity index (χ1v) is 9.88. The van der Waals surface area contributed by atoms with Crippen molar-refractivity contribution in [3.05, 3.63) is 47.6 Å². The summed E-state index contributed by atoms with van der Waals surface area (Å²) in [5.74, 6) is 1.90. The molecule has 0 radical (unpaired) electrons. The molecular weight excluding hydrogens is 370 g/mol. The number of amides is 2. The van der Waals surface area contributed by atoms with E-state index in [1.807, 2.05) is 24.3 Å². The lowest BCUT2D eigenvalue weighted by atomic mass is 10.2. The van der Waals surface area contributed by atoms with Crippen LogP contribution in [0, 0.1) is 0 Å². The largest absolute Gasteiger partial charge is 0.497 e. The summed E-state index contributed by atoms with van der Waals surface area (Å²) in [6, 6.07) is 6.67. The summed E-state index contributed by atoms with van der Waals surface area (Å²) < 4.78 is 7.19. The Morgan fingerprint density at radius 2 is 2.00 bits per heavy atom. The van der Waals surface area contributed by atoms with Gasteiger partial charge in [-0.2, -0.15) is 0 Å². The number of nitrogens with zero attached hydrogens (tertiary/aromatic N) is 3. The van der Waals surface area contributed by atoms with Gasteiger partial charge in [0.1, 0.15) is 17.6 Å². The standard InChI is InChI=1S/C21H27N5O3/c1-15(23-20(27)12-9-16-7-10-17(29-2)11-8-16)21(28)22-14-19-25-24-18-6-4-3-5-13-26(18)19/h7-12,15H,3-6,13-14H2,1-2H3,(H,22,28)(H,23,27)/b12-9+. The van der Waals surface area contributed by atoms with Crippen LogP contribution in [0.3, 0.4) is 0 Å². The molecule has 1 atom stereocenters. The first-order chi connectivity index (χ1) is 14.1. The Hall–Kier alpha value is -3.16. The van der Waals surface area contributed by atoms with Crippen LogP contribution in [0.25, 0.3) is 6.08 Å². The van der Waals surface area contributed by atoms with Crippen molar-refractivity contribution in [2.24, 2.45) is 0 Å². The number of aryl methyl sites for hydroxylation is 1. The monoisotopic (exact) mass is 397 g/mol. The van der Waals surface area contributed by atoms with Gasteiger partial charge in [-0.25, -0.2) is 0 Å². The Morgan fingerprint density at radius 1 is 1.21 bits per heavy atom. The first-order valence-electron chi connectivity index (χ1n) is 9.88. The molecule has 2 heterocycles. The molecule has 154 valence electrons. The number of aromatic nitrogens is 3. The number of hydrogen-bond acceptors (Lipinski definition) is 5. The molecule has 8 heteroatoms. The average molecular weight is 397 g/mol. The number of carbonyl (C=O) groups excluding carboxylic acids is 2. The molecule has 3 rings (SSSR count). The zero-order valence-electron chi connectivity index (χ0n) is 16.9. The van der Waals surface area contributed by atoms with Gasteiger partial charge in [0.25, 0.3) is 0 Å². The molecule has 0 saturated heterocycles. The molecule has 1 aliphatic rings. The fourth-order valence-electron chi connectivity index (χ4n) is 3.21. The van der Waals surface area contributed by atoms with Crippen LogP contribution in [-0.2, 0) is 29.1 Å². The van der Waals surface area contributed by atoms with Crippen molar-refractivity contribution in [1.29, 1.82) is 0 Å². The van der Waals surface area contributed by atoms with E-state index in [1.165, 1.54) is 12.5 Å². The molecule has 0 saturated carbocycles. The Bertz CT molecular complexity index is 873. The third-order valence-corrected chi connectivity index (χ3v) is 4.90. The smallest absolute Gasteiger partial charge is 0.244 e. The zero-order chi connectivity index (χ0) is 20.6. The molecule has 0 bridgehead atoms. The van der Waals surface area contributed by atoms with Gasteiger partial charge >= 0.3 is 0 Å². The summed E-state index contributed by atoms with van der Waals surface area (Å²) >= 11 is 0. The molecule has 1 aliphatic heterocycles. The van der Waals surface area contributed by atoms with Crippen LogP contribution < -0.4 is 15.4 Å². The van der Waals surface area contributed by atoms with E-state index in [-0.39, 0.29) is 11.8 Å². The van der Waals surface area contributed by atoms with Gasteiger partial charge in [0, 0.05) is 19.0 Å². The van der Waals surface area contributed by atoms with Crippen molar-refractivity contribution in [3.8, 4) is 5.75 Å². The van der Waals surface area contributed by atoms with Gasteiger partial charge in [-0.1, -0.05) is 18.6 Å². The van der Waals surface area contributed by atoms with Crippen molar-refractivity contribution in [3.63, 3.8) is 0 Å². The fourth-order valence-corrected chi connectivity index (χ4v) is 3.21. The van der Waals surface area contributed by atoms with Gasteiger partial charge < -0.3 is 19.9 Å². The molecule has 0 aliphatic carbocycles. The van der Waals surface area contributed by atoms with Gasteiger partial charge in [0.2, 0.25) is 11.8 Å². The van der Waals surface area contributed by atoms with E-state index >= 15 is 0 Å². The van der Waals surface area contributed by atoms with E-state index in [9.17, 15) is 9.59 Å². The Kier molecular flexibility index (Phi) is 6.99. The van der Waals surface area contributed by atoms with Crippen LogP contribution in [0.2, 0.25) is 0 Å². The second kappa shape index (κ2) is 9.86. The van der Waals surface area contributed by atoms with Gasteiger partial charge in [-0.15, -0.1) is 10.2 Å².